The molecule has 1 aromatic carbocycles. The minimum absolute atomic E-state index is 0.354. The number of nitrogens with zero attached hydrogens (tertiary/aromatic N) is 1. The first-order valence-corrected chi connectivity index (χ1v) is 5.86. The highest BCUT2D eigenvalue weighted by atomic mass is 19.1. The Morgan fingerprint density at radius 1 is 1.53 bits per heavy atom. The van der Waals surface area contributed by atoms with E-state index in [1.165, 1.54) is 6.07 Å². The van der Waals surface area contributed by atoms with Gasteiger partial charge in [0.15, 0.2) is 0 Å². The standard InChI is InChI=1S/C14H20FNO/c1-4-5-6-10-16(3)13-9-7-8-12(15)14(13)11(2)17/h4,7-9,11,17H,1,5-6,10H2,2-3H3. The van der Waals surface area contributed by atoms with Crippen molar-refractivity contribution in [2.45, 2.75) is 25.9 Å². The van der Waals surface area contributed by atoms with Gasteiger partial charge in [-0.25, -0.2) is 4.39 Å². The van der Waals surface area contributed by atoms with Gasteiger partial charge < -0.3 is 10.0 Å². The first-order valence-electron chi connectivity index (χ1n) is 5.86. The summed E-state index contributed by atoms with van der Waals surface area (Å²) in [5.41, 5.74) is 1.12. The molecule has 0 bridgehead atoms. The number of aliphatic hydroxyl groups excluding tert-OH is 1. The zero-order chi connectivity index (χ0) is 12.8. The minimum atomic E-state index is -0.798. The third-order valence-electron chi connectivity index (χ3n) is 2.76. The van der Waals surface area contributed by atoms with Gasteiger partial charge in [-0.1, -0.05) is 12.1 Å². The topological polar surface area (TPSA) is 23.5 Å². The summed E-state index contributed by atoms with van der Waals surface area (Å²) >= 11 is 0. The van der Waals surface area contributed by atoms with Crippen molar-refractivity contribution in [1.29, 1.82) is 0 Å². The Balaban J connectivity index is 2.88. The molecule has 0 amide bonds. The highest BCUT2D eigenvalue weighted by Crippen LogP contribution is 2.28. The molecule has 0 saturated heterocycles. The summed E-state index contributed by atoms with van der Waals surface area (Å²) in [6, 6.07) is 4.88. The summed E-state index contributed by atoms with van der Waals surface area (Å²) in [5, 5.41) is 9.62. The molecule has 0 radical (unpaired) electrons. The SMILES string of the molecule is C=CCCCN(C)c1cccc(F)c1C(C)O. The molecular weight excluding hydrogens is 217 g/mol. The molecule has 0 aliphatic rings. The minimum Gasteiger partial charge on any atom is -0.389 e. The van der Waals surface area contributed by atoms with Crippen LogP contribution in [0.25, 0.3) is 0 Å². The molecule has 3 heteroatoms. The maximum atomic E-state index is 13.6. The van der Waals surface area contributed by atoms with E-state index in [2.05, 4.69) is 6.58 Å². The Morgan fingerprint density at radius 2 is 2.24 bits per heavy atom. The van der Waals surface area contributed by atoms with Crippen LogP contribution in [0.2, 0.25) is 0 Å². The summed E-state index contributed by atoms with van der Waals surface area (Å²) in [7, 11) is 1.91. The van der Waals surface area contributed by atoms with Crippen LogP contribution in [0.1, 0.15) is 31.4 Å². The number of unbranched alkanes of at least 4 members (excludes halogenated alkanes) is 1. The molecule has 94 valence electrons. The molecule has 0 aliphatic heterocycles. The van der Waals surface area contributed by atoms with Gasteiger partial charge in [0.1, 0.15) is 5.82 Å². The van der Waals surface area contributed by atoms with Crippen molar-refractivity contribution in [2.24, 2.45) is 0 Å². The van der Waals surface area contributed by atoms with E-state index in [1.807, 2.05) is 24.1 Å². The zero-order valence-corrected chi connectivity index (χ0v) is 10.5. The van der Waals surface area contributed by atoms with Crippen molar-refractivity contribution >= 4 is 5.69 Å². The summed E-state index contributed by atoms with van der Waals surface area (Å²) in [5.74, 6) is -0.354. The van der Waals surface area contributed by atoms with Gasteiger partial charge in [0.05, 0.1) is 6.10 Å². The van der Waals surface area contributed by atoms with E-state index in [0.717, 1.165) is 25.1 Å². The second kappa shape index (κ2) is 6.40. The Kier molecular flexibility index (Phi) is 5.16. The fourth-order valence-electron chi connectivity index (χ4n) is 1.87. The van der Waals surface area contributed by atoms with E-state index in [-0.39, 0.29) is 5.82 Å². The van der Waals surface area contributed by atoms with Crippen LogP contribution in [0, 0.1) is 5.82 Å². The number of aliphatic hydroxyl groups is 1. The van der Waals surface area contributed by atoms with Crippen molar-refractivity contribution in [3.8, 4) is 0 Å². The van der Waals surface area contributed by atoms with Gasteiger partial charge in [0.25, 0.3) is 0 Å². The smallest absolute Gasteiger partial charge is 0.131 e. The fourth-order valence-corrected chi connectivity index (χ4v) is 1.87. The lowest BCUT2D eigenvalue weighted by molar-refractivity contribution is 0.194. The summed E-state index contributed by atoms with van der Waals surface area (Å²) in [4.78, 5) is 1.97. The average molecular weight is 237 g/mol. The monoisotopic (exact) mass is 237 g/mol. The second-order valence-electron chi connectivity index (χ2n) is 4.20. The van der Waals surface area contributed by atoms with Crippen LogP contribution in [0.15, 0.2) is 30.9 Å². The largest absolute Gasteiger partial charge is 0.389 e. The van der Waals surface area contributed by atoms with E-state index < -0.39 is 6.10 Å². The van der Waals surface area contributed by atoms with Crippen molar-refractivity contribution in [3.05, 3.63) is 42.2 Å². The number of benzene rings is 1. The second-order valence-corrected chi connectivity index (χ2v) is 4.20. The van der Waals surface area contributed by atoms with Crippen molar-refractivity contribution in [2.75, 3.05) is 18.5 Å². The van der Waals surface area contributed by atoms with Gasteiger partial charge in [-0.05, 0) is 31.9 Å². The Morgan fingerprint density at radius 3 is 2.82 bits per heavy atom. The molecule has 0 fully saturated rings. The predicted molar refractivity (Wildman–Crippen MR) is 69.7 cm³/mol. The van der Waals surface area contributed by atoms with E-state index in [9.17, 15) is 9.50 Å². The maximum Gasteiger partial charge on any atom is 0.131 e. The molecule has 1 atom stereocenters. The highest BCUT2D eigenvalue weighted by Gasteiger charge is 2.15. The molecule has 17 heavy (non-hydrogen) atoms. The Bertz CT molecular complexity index is 376. The predicted octanol–water partition coefficient (Wildman–Crippen LogP) is 3.28. The number of anilines is 1. The summed E-state index contributed by atoms with van der Waals surface area (Å²) in [6.45, 7) is 6.07. The molecule has 1 unspecified atom stereocenters. The van der Waals surface area contributed by atoms with Crippen LogP contribution in [-0.2, 0) is 0 Å². The number of rotatable bonds is 6. The summed E-state index contributed by atoms with van der Waals surface area (Å²) in [6.07, 6.45) is 2.97. The third-order valence-corrected chi connectivity index (χ3v) is 2.76. The Labute approximate surface area is 102 Å². The summed E-state index contributed by atoms with van der Waals surface area (Å²) < 4.78 is 13.6. The highest BCUT2D eigenvalue weighted by molar-refractivity contribution is 5.54. The quantitative estimate of drug-likeness (QED) is 0.606. The molecule has 0 aromatic heterocycles. The fraction of sp³-hybridized carbons (Fsp3) is 0.429. The van der Waals surface area contributed by atoms with Crippen LogP contribution in [-0.4, -0.2) is 18.7 Å². The third kappa shape index (κ3) is 3.56. The lowest BCUT2D eigenvalue weighted by Gasteiger charge is -2.23. The number of hydrogen-bond acceptors (Lipinski definition) is 2. The normalized spacial score (nSPS) is 12.2. The molecule has 0 spiro atoms. The Hall–Kier alpha value is -1.35. The molecule has 0 aliphatic carbocycles. The van der Waals surface area contributed by atoms with E-state index in [4.69, 9.17) is 0 Å². The molecule has 1 N–H and O–H groups in total. The zero-order valence-electron chi connectivity index (χ0n) is 10.5. The lowest BCUT2D eigenvalue weighted by atomic mass is 10.1. The first kappa shape index (κ1) is 13.7. The van der Waals surface area contributed by atoms with Crippen LogP contribution in [0.4, 0.5) is 10.1 Å². The van der Waals surface area contributed by atoms with Crippen molar-refractivity contribution in [3.63, 3.8) is 0 Å². The van der Waals surface area contributed by atoms with E-state index >= 15 is 0 Å². The molecule has 1 rings (SSSR count). The molecule has 2 nitrogen and oxygen atoms in total. The van der Waals surface area contributed by atoms with Crippen LogP contribution in [0.5, 0.6) is 0 Å². The molecule has 1 aromatic rings. The van der Waals surface area contributed by atoms with Crippen LogP contribution in [0.3, 0.4) is 0 Å². The molecule has 0 heterocycles. The van der Waals surface area contributed by atoms with Gasteiger partial charge >= 0.3 is 0 Å². The maximum absolute atomic E-state index is 13.6. The van der Waals surface area contributed by atoms with Gasteiger partial charge in [-0.2, -0.15) is 0 Å². The van der Waals surface area contributed by atoms with E-state index in [1.54, 1.807) is 13.0 Å². The van der Waals surface area contributed by atoms with Gasteiger partial charge in [0.2, 0.25) is 0 Å². The lowest BCUT2D eigenvalue weighted by Crippen LogP contribution is -2.21. The number of halogens is 1. The van der Waals surface area contributed by atoms with Gasteiger partial charge in [-0.15, -0.1) is 6.58 Å². The average Bonchev–Trinajstić information content (AvgIpc) is 2.28. The molecule has 0 saturated carbocycles. The van der Waals surface area contributed by atoms with Crippen molar-refractivity contribution in [1.82, 2.24) is 0 Å². The molecular formula is C14H20FNO. The number of allylic oxidation sites excluding steroid dienone is 1. The first-order chi connectivity index (χ1) is 8.07. The van der Waals surface area contributed by atoms with E-state index in [0.29, 0.717) is 5.56 Å². The van der Waals surface area contributed by atoms with Crippen molar-refractivity contribution < 1.29 is 9.50 Å². The van der Waals surface area contributed by atoms with Gasteiger partial charge in [-0.3, -0.25) is 0 Å². The van der Waals surface area contributed by atoms with Gasteiger partial charge in [0, 0.05) is 24.8 Å². The number of hydrogen-bond donors (Lipinski definition) is 1. The van der Waals surface area contributed by atoms with Crippen LogP contribution >= 0.6 is 0 Å². The van der Waals surface area contributed by atoms with Crippen LogP contribution < -0.4 is 4.90 Å².